The monoisotopic (exact) mass is 443 g/mol. The van der Waals surface area contributed by atoms with Gasteiger partial charge in [-0.05, 0) is 44.2 Å². The molecule has 9 heteroatoms. The Kier molecular flexibility index (Phi) is 7.15. The molecule has 8 nitrogen and oxygen atoms in total. The number of aromatic nitrogens is 2. The average Bonchev–Trinajstić information content (AvgIpc) is 3.26. The molecule has 0 fully saturated rings. The van der Waals surface area contributed by atoms with Crippen molar-refractivity contribution in [2.45, 2.75) is 13.8 Å². The quantitative estimate of drug-likeness (QED) is 0.494. The van der Waals surface area contributed by atoms with Crippen molar-refractivity contribution in [3.8, 4) is 22.8 Å². The van der Waals surface area contributed by atoms with Crippen molar-refractivity contribution >= 4 is 29.2 Å². The van der Waals surface area contributed by atoms with Crippen LogP contribution < -0.4 is 14.8 Å². The van der Waals surface area contributed by atoms with Gasteiger partial charge in [0.1, 0.15) is 5.69 Å². The minimum atomic E-state index is -0.565. The summed E-state index contributed by atoms with van der Waals surface area (Å²) in [6.45, 7) is 4.30. The SMILES string of the molecule is CCOc1cc(C(=O)OC)cc(NC(=O)c2cc(-c3cccc(Cl)c3)n[nH]2)c1OCC. The van der Waals surface area contributed by atoms with E-state index in [4.69, 9.17) is 25.8 Å². The van der Waals surface area contributed by atoms with Crippen LogP contribution >= 0.6 is 11.6 Å². The molecule has 0 spiro atoms. The standard InChI is InChI=1S/C22H22ClN3O5/c1-4-30-19-11-14(22(28)29-3)10-17(20(19)31-5-2)24-21(27)18-12-16(25-26-18)13-7-6-8-15(23)9-13/h6-12H,4-5H2,1-3H3,(H,24,27)(H,25,26). The third-order valence-electron chi connectivity index (χ3n) is 4.26. The van der Waals surface area contributed by atoms with Crippen molar-refractivity contribution in [1.29, 1.82) is 0 Å². The van der Waals surface area contributed by atoms with Crippen LogP contribution in [-0.2, 0) is 4.74 Å². The van der Waals surface area contributed by atoms with Crippen molar-refractivity contribution < 1.29 is 23.8 Å². The van der Waals surface area contributed by atoms with E-state index in [0.717, 1.165) is 5.56 Å². The lowest BCUT2D eigenvalue weighted by atomic mass is 10.1. The van der Waals surface area contributed by atoms with E-state index in [1.165, 1.54) is 19.2 Å². The minimum Gasteiger partial charge on any atom is -0.490 e. The maximum Gasteiger partial charge on any atom is 0.338 e. The summed E-state index contributed by atoms with van der Waals surface area (Å²) in [5.41, 5.74) is 2.05. The van der Waals surface area contributed by atoms with Crippen LogP contribution in [0, 0.1) is 0 Å². The number of amides is 1. The maximum absolute atomic E-state index is 12.9. The molecule has 0 aliphatic carbocycles. The molecule has 2 aromatic carbocycles. The molecule has 3 aromatic rings. The van der Waals surface area contributed by atoms with Crippen molar-refractivity contribution in [1.82, 2.24) is 10.2 Å². The lowest BCUT2D eigenvalue weighted by Crippen LogP contribution is -2.15. The molecule has 0 saturated heterocycles. The Labute approximate surface area is 184 Å². The molecule has 162 valence electrons. The van der Waals surface area contributed by atoms with E-state index in [-0.39, 0.29) is 16.9 Å². The number of rotatable bonds is 8. The molecular formula is C22H22ClN3O5. The average molecular weight is 444 g/mol. The van der Waals surface area contributed by atoms with Crippen molar-refractivity contribution in [3.05, 3.63) is 58.7 Å². The summed E-state index contributed by atoms with van der Waals surface area (Å²) in [6, 6.07) is 11.7. The number of ether oxygens (including phenoxy) is 3. The van der Waals surface area contributed by atoms with Crippen LogP contribution in [0.25, 0.3) is 11.3 Å². The summed E-state index contributed by atoms with van der Waals surface area (Å²) >= 11 is 6.03. The highest BCUT2D eigenvalue weighted by Gasteiger charge is 2.20. The number of H-pyrrole nitrogens is 1. The Bertz CT molecular complexity index is 1100. The van der Waals surface area contributed by atoms with Gasteiger partial charge in [0.2, 0.25) is 0 Å². The van der Waals surface area contributed by atoms with Gasteiger partial charge >= 0.3 is 5.97 Å². The molecule has 3 rings (SSSR count). The number of nitrogens with one attached hydrogen (secondary N) is 2. The van der Waals surface area contributed by atoms with Gasteiger partial charge in [-0.1, -0.05) is 23.7 Å². The lowest BCUT2D eigenvalue weighted by Gasteiger charge is -2.17. The van der Waals surface area contributed by atoms with E-state index in [9.17, 15) is 9.59 Å². The predicted octanol–water partition coefficient (Wildman–Crippen LogP) is 4.57. The third kappa shape index (κ3) is 5.16. The summed E-state index contributed by atoms with van der Waals surface area (Å²) < 4.78 is 16.1. The zero-order valence-corrected chi connectivity index (χ0v) is 18.1. The first-order chi connectivity index (χ1) is 15.0. The summed E-state index contributed by atoms with van der Waals surface area (Å²) in [7, 11) is 1.28. The Morgan fingerprint density at radius 1 is 1.10 bits per heavy atom. The molecule has 1 heterocycles. The molecule has 0 bridgehead atoms. The number of methoxy groups -OCH3 is 1. The minimum absolute atomic E-state index is 0.217. The summed E-state index contributed by atoms with van der Waals surface area (Å²) in [4.78, 5) is 25.0. The number of halogens is 1. The van der Waals surface area contributed by atoms with Gasteiger partial charge in [0.05, 0.1) is 37.3 Å². The Morgan fingerprint density at radius 2 is 1.87 bits per heavy atom. The van der Waals surface area contributed by atoms with Gasteiger partial charge < -0.3 is 19.5 Å². The zero-order valence-electron chi connectivity index (χ0n) is 17.3. The number of carbonyl (C=O) groups excluding carboxylic acids is 2. The van der Waals surface area contributed by atoms with Crippen LogP contribution in [0.1, 0.15) is 34.7 Å². The van der Waals surface area contributed by atoms with Gasteiger partial charge in [-0.25, -0.2) is 4.79 Å². The van der Waals surface area contributed by atoms with Gasteiger partial charge in [0.25, 0.3) is 5.91 Å². The number of aromatic amines is 1. The van der Waals surface area contributed by atoms with Gasteiger partial charge in [-0.3, -0.25) is 9.89 Å². The first-order valence-electron chi connectivity index (χ1n) is 9.61. The second-order valence-corrected chi connectivity index (χ2v) is 6.78. The molecule has 1 aromatic heterocycles. The van der Waals surface area contributed by atoms with E-state index in [2.05, 4.69) is 15.5 Å². The Hall–Kier alpha value is -3.52. The van der Waals surface area contributed by atoms with Crippen LogP contribution in [0.4, 0.5) is 5.69 Å². The number of hydrogen-bond acceptors (Lipinski definition) is 6. The third-order valence-corrected chi connectivity index (χ3v) is 4.49. The molecule has 0 unspecified atom stereocenters. The number of benzene rings is 2. The first-order valence-corrected chi connectivity index (χ1v) is 9.99. The van der Waals surface area contributed by atoms with Crippen LogP contribution in [0.2, 0.25) is 5.02 Å². The highest BCUT2D eigenvalue weighted by molar-refractivity contribution is 6.30. The number of anilines is 1. The highest BCUT2D eigenvalue weighted by atomic mass is 35.5. The van der Waals surface area contributed by atoms with Gasteiger partial charge in [0.15, 0.2) is 11.5 Å². The molecular weight excluding hydrogens is 422 g/mol. The largest absolute Gasteiger partial charge is 0.490 e. The zero-order chi connectivity index (χ0) is 22.4. The second kappa shape index (κ2) is 9.99. The van der Waals surface area contributed by atoms with Crippen LogP contribution in [0.15, 0.2) is 42.5 Å². The smallest absolute Gasteiger partial charge is 0.338 e. The van der Waals surface area contributed by atoms with Gasteiger partial charge in [-0.15, -0.1) is 0 Å². The molecule has 0 aliphatic heterocycles. The van der Waals surface area contributed by atoms with Gasteiger partial charge in [-0.2, -0.15) is 5.10 Å². The highest BCUT2D eigenvalue weighted by Crippen LogP contribution is 2.38. The van der Waals surface area contributed by atoms with E-state index < -0.39 is 11.9 Å². The molecule has 31 heavy (non-hydrogen) atoms. The van der Waals surface area contributed by atoms with Crippen LogP contribution in [-0.4, -0.2) is 42.4 Å². The summed E-state index contributed by atoms with van der Waals surface area (Å²) in [5, 5.41) is 10.2. The van der Waals surface area contributed by atoms with E-state index >= 15 is 0 Å². The van der Waals surface area contributed by atoms with E-state index in [0.29, 0.717) is 35.4 Å². The first kappa shape index (κ1) is 22.2. The summed E-state index contributed by atoms with van der Waals surface area (Å²) in [6.07, 6.45) is 0. The molecule has 2 N–H and O–H groups in total. The number of nitrogens with zero attached hydrogens (tertiary/aromatic N) is 1. The van der Waals surface area contributed by atoms with Crippen molar-refractivity contribution in [2.24, 2.45) is 0 Å². The normalized spacial score (nSPS) is 10.5. The fourth-order valence-corrected chi connectivity index (χ4v) is 3.10. The maximum atomic E-state index is 12.9. The van der Waals surface area contributed by atoms with Crippen molar-refractivity contribution in [3.63, 3.8) is 0 Å². The van der Waals surface area contributed by atoms with Crippen LogP contribution in [0.3, 0.4) is 0 Å². The Balaban J connectivity index is 1.94. The molecule has 0 radical (unpaired) electrons. The predicted molar refractivity (Wildman–Crippen MR) is 117 cm³/mol. The fourth-order valence-electron chi connectivity index (χ4n) is 2.91. The van der Waals surface area contributed by atoms with Gasteiger partial charge in [0, 0.05) is 10.6 Å². The molecule has 0 saturated carbocycles. The van der Waals surface area contributed by atoms with E-state index in [1.54, 1.807) is 31.2 Å². The molecule has 0 aliphatic rings. The second-order valence-electron chi connectivity index (χ2n) is 6.34. The fraction of sp³-hybridized carbons (Fsp3) is 0.227. The van der Waals surface area contributed by atoms with E-state index in [1.807, 2.05) is 13.0 Å². The Morgan fingerprint density at radius 3 is 2.55 bits per heavy atom. The number of hydrogen-bond donors (Lipinski definition) is 2. The van der Waals surface area contributed by atoms with Crippen molar-refractivity contribution in [2.75, 3.05) is 25.6 Å². The number of esters is 1. The summed E-state index contributed by atoms with van der Waals surface area (Å²) in [5.74, 6) is -0.387. The molecule has 1 amide bonds. The molecule has 0 atom stereocenters. The number of carbonyl (C=O) groups is 2. The van der Waals surface area contributed by atoms with Crippen LogP contribution in [0.5, 0.6) is 11.5 Å². The lowest BCUT2D eigenvalue weighted by molar-refractivity contribution is 0.0600. The topological polar surface area (TPSA) is 103 Å².